The van der Waals surface area contributed by atoms with Gasteiger partial charge >= 0.3 is 0 Å². The summed E-state index contributed by atoms with van der Waals surface area (Å²) in [5.41, 5.74) is 6.31. The molecule has 0 aliphatic heterocycles. The first kappa shape index (κ1) is 14.5. The van der Waals surface area contributed by atoms with E-state index >= 15 is 0 Å². The molecule has 4 N–H and O–H groups in total. The minimum atomic E-state index is -0.103. The van der Waals surface area contributed by atoms with Gasteiger partial charge in [0, 0.05) is 0 Å². The number of nitrogens with zero attached hydrogens (tertiary/aromatic N) is 2. The molecule has 0 fully saturated rings. The average molecular weight is 254 g/mol. The van der Waals surface area contributed by atoms with Crippen LogP contribution in [0.3, 0.4) is 0 Å². The summed E-state index contributed by atoms with van der Waals surface area (Å²) >= 11 is 0. The van der Waals surface area contributed by atoms with Crippen LogP contribution in [0, 0.1) is 5.92 Å². The quantitative estimate of drug-likeness (QED) is 0.708. The first-order valence-corrected chi connectivity index (χ1v) is 6.10. The van der Waals surface area contributed by atoms with Crippen LogP contribution in [-0.2, 0) is 0 Å². The molecule has 0 unspecified atom stereocenters. The highest BCUT2D eigenvalue weighted by Crippen LogP contribution is 2.26. The standard InChI is InChI=1S/C12H22N4O2/c1-7(2)9(5-17)16-11-10(13)12(15-6-14-11)18-8(3)4/h6-9,17H,5,13H2,1-4H3,(H,14,15,16)/t9-/m1/s1. The van der Waals surface area contributed by atoms with Crippen LogP contribution in [0.1, 0.15) is 27.7 Å². The Morgan fingerprint density at radius 1 is 1.33 bits per heavy atom. The molecule has 1 aromatic rings. The van der Waals surface area contributed by atoms with Crippen LogP contribution in [0.15, 0.2) is 6.33 Å². The third kappa shape index (κ3) is 3.73. The maximum atomic E-state index is 9.29. The van der Waals surface area contributed by atoms with Gasteiger partial charge in [0.15, 0.2) is 5.82 Å². The van der Waals surface area contributed by atoms with Crippen molar-refractivity contribution in [2.45, 2.75) is 39.8 Å². The molecule has 1 heterocycles. The summed E-state index contributed by atoms with van der Waals surface area (Å²) in [6.07, 6.45) is 1.39. The maximum Gasteiger partial charge on any atom is 0.242 e. The Kier molecular flexibility index (Phi) is 5.15. The van der Waals surface area contributed by atoms with Crippen LogP contribution in [0.2, 0.25) is 0 Å². The number of anilines is 2. The number of nitrogens with one attached hydrogen (secondary N) is 1. The van der Waals surface area contributed by atoms with Crippen LogP contribution in [0.25, 0.3) is 0 Å². The van der Waals surface area contributed by atoms with E-state index in [1.54, 1.807) is 0 Å². The lowest BCUT2D eigenvalue weighted by Gasteiger charge is -2.22. The molecule has 0 radical (unpaired) electrons. The summed E-state index contributed by atoms with van der Waals surface area (Å²) in [6.45, 7) is 7.84. The lowest BCUT2D eigenvalue weighted by molar-refractivity contribution is 0.233. The molecule has 102 valence electrons. The molecule has 0 saturated heterocycles. The van der Waals surface area contributed by atoms with Gasteiger partial charge in [-0.25, -0.2) is 4.98 Å². The highest BCUT2D eigenvalue weighted by molar-refractivity contribution is 5.66. The molecule has 1 aromatic heterocycles. The largest absolute Gasteiger partial charge is 0.473 e. The zero-order valence-electron chi connectivity index (χ0n) is 11.3. The molecular formula is C12H22N4O2. The third-order valence-electron chi connectivity index (χ3n) is 2.52. The Labute approximate surface area is 108 Å². The molecule has 0 spiro atoms. The van der Waals surface area contributed by atoms with Crippen molar-refractivity contribution in [2.24, 2.45) is 5.92 Å². The normalized spacial score (nSPS) is 12.8. The monoisotopic (exact) mass is 254 g/mol. The van der Waals surface area contributed by atoms with Gasteiger partial charge in [-0.3, -0.25) is 0 Å². The van der Waals surface area contributed by atoms with Gasteiger partial charge < -0.3 is 20.9 Å². The van der Waals surface area contributed by atoms with Gasteiger partial charge in [-0.2, -0.15) is 4.98 Å². The Morgan fingerprint density at radius 3 is 2.50 bits per heavy atom. The van der Waals surface area contributed by atoms with Crippen molar-refractivity contribution >= 4 is 11.5 Å². The van der Waals surface area contributed by atoms with E-state index < -0.39 is 0 Å². The summed E-state index contributed by atoms with van der Waals surface area (Å²) in [7, 11) is 0. The number of aliphatic hydroxyl groups excluding tert-OH is 1. The second kappa shape index (κ2) is 6.39. The number of nitrogen functional groups attached to an aromatic ring is 1. The highest BCUT2D eigenvalue weighted by Gasteiger charge is 2.16. The molecule has 0 aromatic carbocycles. The number of nitrogens with two attached hydrogens (primary N) is 1. The lowest BCUT2D eigenvalue weighted by Crippen LogP contribution is -2.30. The second-order valence-electron chi connectivity index (χ2n) is 4.79. The van der Waals surface area contributed by atoms with Gasteiger partial charge in [0.05, 0.1) is 18.8 Å². The van der Waals surface area contributed by atoms with Crippen LogP contribution in [-0.4, -0.2) is 33.8 Å². The van der Waals surface area contributed by atoms with Crippen molar-refractivity contribution in [1.82, 2.24) is 9.97 Å². The molecule has 6 heteroatoms. The highest BCUT2D eigenvalue weighted by atomic mass is 16.5. The van der Waals surface area contributed by atoms with E-state index in [0.717, 1.165) is 0 Å². The minimum Gasteiger partial charge on any atom is -0.473 e. The molecule has 0 aliphatic rings. The average Bonchev–Trinajstić information content (AvgIpc) is 2.29. The number of aromatic nitrogens is 2. The molecule has 6 nitrogen and oxygen atoms in total. The summed E-state index contributed by atoms with van der Waals surface area (Å²) in [6, 6.07) is -0.103. The van der Waals surface area contributed by atoms with Crippen LogP contribution < -0.4 is 15.8 Å². The predicted molar refractivity (Wildman–Crippen MR) is 71.5 cm³/mol. The van der Waals surface area contributed by atoms with Gasteiger partial charge in [-0.05, 0) is 19.8 Å². The zero-order valence-corrected chi connectivity index (χ0v) is 11.3. The Morgan fingerprint density at radius 2 is 2.00 bits per heavy atom. The maximum absolute atomic E-state index is 9.29. The van der Waals surface area contributed by atoms with Gasteiger partial charge in [0.1, 0.15) is 12.0 Å². The van der Waals surface area contributed by atoms with Gasteiger partial charge in [-0.1, -0.05) is 13.8 Å². The van der Waals surface area contributed by atoms with E-state index in [4.69, 9.17) is 10.5 Å². The molecule has 0 bridgehead atoms. The van der Waals surface area contributed by atoms with Crippen molar-refractivity contribution in [1.29, 1.82) is 0 Å². The molecule has 18 heavy (non-hydrogen) atoms. The topological polar surface area (TPSA) is 93.3 Å². The van der Waals surface area contributed by atoms with E-state index in [1.807, 2.05) is 27.7 Å². The minimum absolute atomic E-state index is 0.00575. The Hall–Kier alpha value is -1.56. The lowest BCUT2D eigenvalue weighted by atomic mass is 10.1. The van der Waals surface area contributed by atoms with Crippen molar-refractivity contribution in [3.63, 3.8) is 0 Å². The van der Waals surface area contributed by atoms with Crippen molar-refractivity contribution < 1.29 is 9.84 Å². The number of aliphatic hydroxyl groups is 1. The fourth-order valence-electron chi connectivity index (χ4n) is 1.41. The fraction of sp³-hybridized carbons (Fsp3) is 0.667. The van der Waals surface area contributed by atoms with Crippen molar-refractivity contribution in [3.8, 4) is 5.88 Å². The summed E-state index contributed by atoms with van der Waals surface area (Å²) in [5, 5.41) is 12.4. The van der Waals surface area contributed by atoms with E-state index in [1.165, 1.54) is 6.33 Å². The first-order chi connectivity index (χ1) is 8.45. The zero-order chi connectivity index (χ0) is 13.7. The van der Waals surface area contributed by atoms with Gasteiger partial charge in [-0.15, -0.1) is 0 Å². The number of ether oxygens (including phenoxy) is 1. The van der Waals surface area contributed by atoms with E-state index in [9.17, 15) is 5.11 Å². The molecule has 1 rings (SSSR count). The molecular weight excluding hydrogens is 232 g/mol. The van der Waals surface area contributed by atoms with E-state index in [-0.39, 0.29) is 24.7 Å². The summed E-state index contributed by atoms with van der Waals surface area (Å²) in [5.74, 6) is 1.12. The summed E-state index contributed by atoms with van der Waals surface area (Å²) in [4.78, 5) is 8.07. The van der Waals surface area contributed by atoms with Gasteiger partial charge in [0.25, 0.3) is 0 Å². The summed E-state index contributed by atoms with van der Waals surface area (Å²) < 4.78 is 5.48. The third-order valence-corrected chi connectivity index (χ3v) is 2.52. The van der Waals surface area contributed by atoms with Gasteiger partial charge in [0.2, 0.25) is 5.88 Å². The number of hydrogen-bond acceptors (Lipinski definition) is 6. The van der Waals surface area contributed by atoms with E-state index in [0.29, 0.717) is 17.4 Å². The van der Waals surface area contributed by atoms with Crippen molar-refractivity contribution in [3.05, 3.63) is 6.33 Å². The molecule has 1 atom stereocenters. The van der Waals surface area contributed by atoms with E-state index in [2.05, 4.69) is 15.3 Å². The molecule has 0 amide bonds. The SMILES string of the molecule is CC(C)Oc1ncnc(N[C@H](CO)C(C)C)c1N. The fourth-order valence-corrected chi connectivity index (χ4v) is 1.41. The molecule has 0 aliphatic carbocycles. The number of hydrogen-bond donors (Lipinski definition) is 3. The smallest absolute Gasteiger partial charge is 0.242 e. The number of rotatable bonds is 6. The predicted octanol–water partition coefficient (Wildman–Crippen LogP) is 1.27. The first-order valence-electron chi connectivity index (χ1n) is 6.10. The van der Waals surface area contributed by atoms with Crippen molar-refractivity contribution in [2.75, 3.05) is 17.7 Å². The Balaban J connectivity index is 2.89. The molecule has 0 saturated carbocycles. The second-order valence-corrected chi connectivity index (χ2v) is 4.79. The Bertz CT molecular complexity index is 382. The van der Waals surface area contributed by atoms with Crippen LogP contribution in [0.5, 0.6) is 5.88 Å². The van der Waals surface area contributed by atoms with Crippen LogP contribution >= 0.6 is 0 Å². The van der Waals surface area contributed by atoms with Crippen LogP contribution in [0.4, 0.5) is 11.5 Å².